The summed E-state index contributed by atoms with van der Waals surface area (Å²) in [7, 11) is 0. The fourth-order valence-electron chi connectivity index (χ4n) is 3.45. The number of pyridine rings is 2. The zero-order chi connectivity index (χ0) is 20.8. The first-order valence-corrected chi connectivity index (χ1v) is 9.89. The first kappa shape index (κ1) is 23.1. The summed E-state index contributed by atoms with van der Waals surface area (Å²) < 4.78 is 14.5. The first-order valence-electron chi connectivity index (χ1n) is 9.89. The van der Waals surface area contributed by atoms with E-state index in [1.807, 2.05) is 18.2 Å². The fraction of sp³-hybridized carbons (Fsp3) is 0.217. The molecule has 1 saturated carbocycles. The molecular formula is C23H21FN5NaO. The molecule has 0 saturated heterocycles. The van der Waals surface area contributed by atoms with Crippen molar-refractivity contribution in [2.75, 3.05) is 5.32 Å². The van der Waals surface area contributed by atoms with Crippen LogP contribution in [0.3, 0.4) is 0 Å². The van der Waals surface area contributed by atoms with Crippen molar-refractivity contribution >= 4 is 16.9 Å². The topological polar surface area (TPSA) is 72.7 Å². The average molecular weight is 425 g/mol. The molecule has 0 atom stereocenters. The van der Waals surface area contributed by atoms with Gasteiger partial charge in [-0.1, -0.05) is 30.5 Å². The predicted octanol–water partition coefficient (Wildman–Crippen LogP) is 1.16. The van der Waals surface area contributed by atoms with Crippen molar-refractivity contribution in [1.82, 2.24) is 19.5 Å². The number of aromatic nitrogens is 4. The van der Waals surface area contributed by atoms with E-state index >= 15 is 0 Å². The van der Waals surface area contributed by atoms with Crippen LogP contribution in [0, 0.1) is 12.0 Å². The maximum Gasteiger partial charge on any atom is 1.00 e. The summed E-state index contributed by atoms with van der Waals surface area (Å²) in [5.41, 5.74) is 1.59. The van der Waals surface area contributed by atoms with E-state index < -0.39 is 0 Å². The van der Waals surface area contributed by atoms with E-state index in [1.165, 1.54) is 37.9 Å². The van der Waals surface area contributed by atoms with Crippen molar-refractivity contribution in [2.45, 2.75) is 31.7 Å². The third kappa shape index (κ3) is 5.97. The Balaban J connectivity index is 0.000000194. The molecule has 0 bridgehead atoms. The summed E-state index contributed by atoms with van der Waals surface area (Å²) in [6, 6.07) is 14.2. The number of halogens is 1. The molecular weight excluding hydrogens is 404 g/mol. The van der Waals surface area contributed by atoms with Crippen molar-refractivity contribution in [1.29, 1.82) is 0 Å². The minimum absolute atomic E-state index is 0. The van der Waals surface area contributed by atoms with Crippen LogP contribution in [0.4, 0.5) is 10.2 Å². The van der Waals surface area contributed by atoms with Crippen LogP contribution in [0.25, 0.3) is 16.7 Å². The monoisotopic (exact) mass is 425 g/mol. The smallest absolute Gasteiger partial charge is 0.448 e. The van der Waals surface area contributed by atoms with Crippen molar-refractivity contribution in [3.63, 3.8) is 0 Å². The molecule has 5 rings (SSSR count). The molecule has 1 aliphatic carbocycles. The van der Waals surface area contributed by atoms with Gasteiger partial charge >= 0.3 is 29.6 Å². The van der Waals surface area contributed by atoms with Gasteiger partial charge in [0, 0.05) is 23.8 Å². The normalized spacial score (nSPS) is 13.2. The van der Waals surface area contributed by atoms with Crippen LogP contribution < -0.4 is 40.4 Å². The molecule has 4 aromatic rings. The minimum Gasteiger partial charge on any atom is -0.448 e. The standard InChI is InChI=1S/C15H17N3O.C8H4FN2.Na/c19-15-7-3-4-10-18(15)13-8-9-14(16-11-13)17-12-5-1-2-6-12;9-6-2-1-3-7-8(6)11-5-4-10-7;/h3-4,7-12H,1-2,5-6H2,(H,16,17);1-3,5H;/q;-1;+1. The third-order valence-electron chi connectivity index (χ3n) is 4.96. The van der Waals surface area contributed by atoms with Crippen LogP contribution in [-0.4, -0.2) is 25.6 Å². The van der Waals surface area contributed by atoms with Crippen LogP contribution in [0.2, 0.25) is 0 Å². The Kier molecular flexibility index (Phi) is 8.28. The summed E-state index contributed by atoms with van der Waals surface area (Å²) in [6.45, 7) is 0. The second kappa shape index (κ2) is 11.1. The van der Waals surface area contributed by atoms with Crippen molar-refractivity contribution in [3.8, 4) is 5.69 Å². The third-order valence-corrected chi connectivity index (χ3v) is 4.96. The molecule has 8 heteroatoms. The summed E-state index contributed by atoms with van der Waals surface area (Å²) in [5, 5.41) is 3.44. The van der Waals surface area contributed by atoms with Gasteiger partial charge in [0.05, 0.1) is 11.9 Å². The summed E-state index contributed by atoms with van der Waals surface area (Å²) in [6.07, 6.45) is 12.4. The molecule has 152 valence electrons. The summed E-state index contributed by atoms with van der Waals surface area (Å²) in [4.78, 5) is 23.7. The van der Waals surface area contributed by atoms with E-state index in [9.17, 15) is 9.18 Å². The number of nitrogens with zero attached hydrogens (tertiary/aromatic N) is 4. The van der Waals surface area contributed by atoms with Gasteiger partial charge in [-0.25, -0.2) is 9.37 Å². The van der Waals surface area contributed by atoms with Gasteiger partial charge in [0.2, 0.25) is 0 Å². The molecule has 0 amide bonds. The molecule has 6 nitrogen and oxygen atoms in total. The van der Waals surface area contributed by atoms with Crippen LogP contribution in [-0.2, 0) is 0 Å². The minimum atomic E-state index is -0.344. The SMILES string of the molecule is Fc1cccc2n[c-]cnc12.O=c1ccccn1-c1ccc(NC2CCCC2)nc1.[Na+]. The van der Waals surface area contributed by atoms with E-state index in [-0.39, 0.29) is 40.9 Å². The Morgan fingerprint density at radius 3 is 2.58 bits per heavy atom. The molecule has 1 N–H and O–H groups in total. The zero-order valence-electron chi connectivity index (χ0n) is 17.3. The molecule has 0 radical (unpaired) electrons. The Morgan fingerprint density at radius 2 is 1.87 bits per heavy atom. The number of fused-ring (bicyclic) bond motifs is 1. The number of benzene rings is 1. The molecule has 0 spiro atoms. The maximum absolute atomic E-state index is 12.9. The quantitative estimate of drug-likeness (QED) is 0.394. The predicted molar refractivity (Wildman–Crippen MR) is 114 cm³/mol. The van der Waals surface area contributed by atoms with E-state index in [0.29, 0.717) is 17.1 Å². The second-order valence-electron chi connectivity index (χ2n) is 7.04. The van der Waals surface area contributed by atoms with Gasteiger partial charge < -0.3 is 10.3 Å². The number of nitrogens with one attached hydrogen (secondary N) is 1. The molecule has 1 fully saturated rings. The van der Waals surface area contributed by atoms with Crippen molar-refractivity contribution < 1.29 is 33.9 Å². The number of rotatable bonds is 3. The molecule has 0 unspecified atom stereocenters. The van der Waals surface area contributed by atoms with Crippen LogP contribution >= 0.6 is 0 Å². The van der Waals surface area contributed by atoms with E-state index in [1.54, 1.807) is 41.2 Å². The largest absolute Gasteiger partial charge is 1.00 e. The molecule has 3 heterocycles. The molecule has 1 aromatic carbocycles. The number of hydrogen-bond donors (Lipinski definition) is 1. The number of para-hydroxylation sites is 1. The maximum atomic E-state index is 12.9. The van der Waals surface area contributed by atoms with E-state index in [0.717, 1.165) is 11.5 Å². The van der Waals surface area contributed by atoms with Gasteiger partial charge in [-0.2, -0.15) is 0 Å². The van der Waals surface area contributed by atoms with Crippen molar-refractivity contribution in [2.24, 2.45) is 0 Å². The van der Waals surface area contributed by atoms with Gasteiger partial charge in [-0.15, -0.1) is 12.3 Å². The van der Waals surface area contributed by atoms with Crippen LogP contribution in [0.15, 0.2) is 71.9 Å². The Morgan fingerprint density at radius 1 is 1.03 bits per heavy atom. The van der Waals surface area contributed by atoms with Crippen molar-refractivity contribution in [3.05, 3.63) is 89.5 Å². The Hall–Kier alpha value is -2.61. The molecule has 1 aliphatic rings. The Bertz CT molecular complexity index is 1170. The van der Waals surface area contributed by atoms with Gasteiger partial charge in [-0.05, 0) is 43.3 Å². The molecule has 0 aliphatic heterocycles. The molecule has 3 aromatic heterocycles. The first-order chi connectivity index (χ1) is 14.7. The van der Waals surface area contributed by atoms with Gasteiger partial charge in [0.15, 0.2) is 0 Å². The second-order valence-corrected chi connectivity index (χ2v) is 7.04. The van der Waals surface area contributed by atoms with Crippen LogP contribution in [0.5, 0.6) is 0 Å². The van der Waals surface area contributed by atoms with E-state index in [2.05, 4.69) is 26.5 Å². The van der Waals surface area contributed by atoms with Crippen LogP contribution in [0.1, 0.15) is 25.7 Å². The summed E-state index contributed by atoms with van der Waals surface area (Å²) in [5.74, 6) is 0.545. The average Bonchev–Trinajstić information content (AvgIpc) is 3.29. The van der Waals surface area contributed by atoms with Gasteiger partial charge in [0.25, 0.3) is 5.56 Å². The number of anilines is 1. The number of hydrogen-bond acceptors (Lipinski definition) is 5. The van der Waals surface area contributed by atoms with Gasteiger partial charge in [0.1, 0.15) is 11.6 Å². The zero-order valence-corrected chi connectivity index (χ0v) is 19.3. The van der Waals surface area contributed by atoms with E-state index in [4.69, 9.17) is 0 Å². The fourth-order valence-corrected chi connectivity index (χ4v) is 3.45. The summed E-state index contributed by atoms with van der Waals surface area (Å²) >= 11 is 0. The Labute approximate surface area is 201 Å². The van der Waals surface area contributed by atoms with Gasteiger partial charge in [-0.3, -0.25) is 14.3 Å². The molecule has 31 heavy (non-hydrogen) atoms.